The molecule has 0 atom stereocenters. The van der Waals surface area contributed by atoms with Crippen molar-refractivity contribution in [1.82, 2.24) is 0 Å². The summed E-state index contributed by atoms with van der Waals surface area (Å²) < 4.78 is 0. The average Bonchev–Trinajstić information content (AvgIpc) is 2.07. The van der Waals surface area contributed by atoms with E-state index in [1.54, 1.807) is 0 Å². The fraction of sp³-hybridized carbons (Fsp3) is 0.222. The third kappa shape index (κ3) is 2.33. The summed E-state index contributed by atoms with van der Waals surface area (Å²) in [4.78, 5) is 0. The number of benzene rings is 1. The second kappa shape index (κ2) is 4.11. The Kier molecular flexibility index (Phi) is 3.08. The van der Waals surface area contributed by atoms with Gasteiger partial charge >= 0.3 is 0 Å². The van der Waals surface area contributed by atoms with Gasteiger partial charge in [0.05, 0.1) is 0 Å². The fourth-order valence-electron chi connectivity index (χ4n) is 0.926. The molecular weight excluding hydrogens is 136 g/mol. The lowest BCUT2D eigenvalue weighted by molar-refractivity contribution is 1.07. The van der Waals surface area contributed by atoms with E-state index in [1.807, 2.05) is 30.7 Å². The molecule has 0 spiro atoms. The van der Waals surface area contributed by atoms with Crippen molar-refractivity contribution in [1.29, 1.82) is 0 Å². The van der Waals surface area contributed by atoms with Gasteiger partial charge in [0.1, 0.15) is 0 Å². The standard InChI is InChI=1S/C9H13N2/c10-6-5-8-1-3-9(7-11)4-2-8/h1-5H,6-7,10-11H2. The Morgan fingerprint density at radius 1 is 1.09 bits per heavy atom. The van der Waals surface area contributed by atoms with E-state index in [4.69, 9.17) is 11.5 Å². The van der Waals surface area contributed by atoms with Crippen molar-refractivity contribution >= 4 is 0 Å². The van der Waals surface area contributed by atoms with Crippen LogP contribution in [-0.4, -0.2) is 6.54 Å². The molecule has 0 aliphatic heterocycles. The summed E-state index contributed by atoms with van der Waals surface area (Å²) in [6.45, 7) is 1.19. The van der Waals surface area contributed by atoms with E-state index in [-0.39, 0.29) is 0 Å². The minimum atomic E-state index is 0.585. The maximum absolute atomic E-state index is 5.44. The van der Waals surface area contributed by atoms with Gasteiger partial charge in [-0.15, -0.1) is 0 Å². The van der Waals surface area contributed by atoms with Gasteiger partial charge in [0.25, 0.3) is 0 Å². The van der Waals surface area contributed by atoms with Gasteiger partial charge in [0.2, 0.25) is 0 Å². The molecule has 4 N–H and O–H groups in total. The van der Waals surface area contributed by atoms with Gasteiger partial charge in [0.15, 0.2) is 0 Å². The molecule has 59 valence electrons. The van der Waals surface area contributed by atoms with Gasteiger partial charge in [-0.05, 0) is 17.7 Å². The van der Waals surface area contributed by atoms with Crippen molar-refractivity contribution in [3.63, 3.8) is 0 Å². The smallest absolute Gasteiger partial charge is 0.0178 e. The molecule has 0 amide bonds. The van der Waals surface area contributed by atoms with Gasteiger partial charge in [-0.2, -0.15) is 0 Å². The Morgan fingerprint density at radius 2 is 1.73 bits per heavy atom. The summed E-state index contributed by atoms with van der Waals surface area (Å²) in [5, 5.41) is 0. The number of rotatable bonds is 3. The van der Waals surface area contributed by atoms with Gasteiger partial charge in [-0.3, -0.25) is 0 Å². The topological polar surface area (TPSA) is 52.0 Å². The summed E-state index contributed by atoms with van der Waals surface area (Å²) in [6.07, 6.45) is 1.97. The molecule has 1 aromatic rings. The summed E-state index contributed by atoms with van der Waals surface area (Å²) >= 11 is 0. The van der Waals surface area contributed by atoms with E-state index in [1.165, 1.54) is 0 Å². The summed E-state index contributed by atoms with van der Waals surface area (Å²) in [7, 11) is 0. The first-order chi connectivity index (χ1) is 5.36. The summed E-state index contributed by atoms with van der Waals surface area (Å²) in [6, 6.07) is 8.08. The van der Waals surface area contributed by atoms with Crippen LogP contribution in [0.5, 0.6) is 0 Å². The summed E-state index contributed by atoms with van der Waals surface area (Å²) in [5.74, 6) is 0. The molecule has 0 saturated carbocycles. The van der Waals surface area contributed by atoms with Crippen molar-refractivity contribution < 1.29 is 0 Å². The monoisotopic (exact) mass is 149 g/mol. The predicted molar refractivity (Wildman–Crippen MR) is 46.8 cm³/mol. The molecule has 2 nitrogen and oxygen atoms in total. The first-order valence-electron chi connectivity index (χ1n) is 3.69. The van der Waals surface area contributed by atoms with E-state index in [0.717, 1.165) is 11.1 Å². The molecule has 0 unspecified atom stereocenters. The third-order valence-corrected chi connectivity index (χ3v) is 1.57. The van der Waals surface area contributed by atoms with Crippen LogP contribution in [0.2, 0.25) is 0 Å². The first kappa shape index (κ1) is 8.24. The molecule has 11 heavy (non-hydrogen) atoms. The van der Waals surface area contributed by atoms with E-state index < -0.39 is 0 Å². The SMILES string of the molecule is NC[CH]c1ccc(CN)cc1. The van der Waals surface area contributed by atoms with E-state index >= 15 is 0 Å². The van der Waals surface area contributed by atoms with Gasteiger partial charge in [-0.25, -0.2) is 0 Å². The van der Waals surface area contributed by atoms with Crippen LogP contribution < -0.4 is 11.5 Å². The van der Waals surface area contributed by atoms with Crippen LogP contribution in [0.1, 0.15) is 11.1 Å². The summed E-state index contributed by atoms with van der Waals surface area (Å²) in [5.41, 5.74) is 13.1. The van der Waals surface area contributed by atoms with Gasteiger partial charge < -0.3 is 11.5 Å². The third-order valence-electron chi connectivity index (χ3n) is 1.57. The minimum Gasteiger partial charge on any atom is -0.330 e. The molecule has 1 aromatic carbocycles. The molecule has 0 aromatic heterocycles. The largest absolute Gasteiger partial charge is 0.330 e. The normalized spacial score (nSPS) is 10.0. The molecule has 0 heterocycles. The molecular formula is C9H13N2. The van der Waals surface area contributed by atoms with Crippen LogP contribution in [0, 0.1) is 6.42 Å². The van der Waals surface area contributed by atoms with Crippen LogP contribution in [0.25, 0.3) is 0 Å². The molecule has 0 fully saturated rings. The quantitative estimate of drug-likeness (QED) is 0.663. The lowest BCUT2D eigenvalue weighted by Gasteiger charge is -1.99. The van der Waals surface area contributed by atoms with Crippen LogP contribution in [-0.2, 0) is 6.54 Å². The molecule has 0 bridgehead atoms. The zero-order chi connectivity index (χ0) is 8.10. The Hall–Kier alpha value is -0.860. The first-order valence-corrected chi connectivity index (χ1v) is 3.69. The van der Waals surface area contributed by atoms with Crippen molar-refractivity contribution in [3.05, 3.63) is 41.8 Å². The second-order valence-electron chi connectivity index (χ2n) is 2.39. The fourth-order valence-corrected chi connectivity index (χ4v) is 0.926. The lowest BCUT2D eigenvalue weighted by atomic mass is 10.1. The number of nitrogens with two attached hydrogens (primary N) is 2. The second-order valence-corrected chi connectivity index (χ2v) is 2.39. The van der Waals surface area contributed by atoms with E-state index in [0.29, 0.717) is 13.1 Å². The molecule has 1 rings (SSSR count). The van der Waals surface area contributed by atoms with Crippen molar-refractivity contribution in [3.8, 4) is 0 Å². The Bertz CT molecular complexity index is 203. The zero-order valence-corrected chi connectivity index (χ0v) is 6.46. The van der Waals surface area contributed by atoms with Gasteiger partial charge in [-0.1, -0.05) is 24.3 Å². The van der Waals surface area contributed by atoms with Crippen LogP contribution in [0.4, 0.5) is 0 Å². The average molecular weight is 149 g/mol. The maximum Gasteiger partial charge on any atom is 0.0178 e. The van der Waals surface area contributed by atoms with Crippen LogP contribution in [0.15, 0.2) is 24.3 Å². The highest BCUT2D eigenvalue weighted by Crippen LogP contribution is 2.04. The number of hydrogen-bond donors (Lipinski definition) is 2. The highest BCUT2D eigenvalue weighted by Gasteiger charge is 1.91. The molecule has 1 radical (unpaired) electrons. The maximum atomic E-state index is 5.44. The van der Waals surface area contributed by atoms with Crippen LogP contribution in [0.3, 0.4) is 0 Å². The van der Waals surface area contributed by atoms with Crippen molar-refractivity contribution in [2.24, 2.45) is 11.5 Å². The molecule has 0 aliphatic rings. The predicted octanol–water partition coefficient (Wildman–Crippen LogP) is 0.656. The van der Waals surface area contributed by atoms with Crippen molar-refractivity contribution in [2.75, 3.05) is 6.54 Å². The van der Waals surface area contributed by atoms with E-state index in [2.05, 4.69) is 0 Å². The van der Waals surface area contributed by atoms with Gasteiger partial charge in [0, 0.05) is 13.0 Å². The zero-order valence-electron chi connectivity index (χ0n) is 6.46. The molecule has 2 heteroatoms. The Balaban J connectivity index is 2.66. The number of hydrogen-bond acceptors (Lipinski definition) is 2. The highest BCUT2D eigenvalue weighted by molar-refractivity contribution is 5.27. The van der Waals surface area contributed by atoms with E-state index in [9.17, 15) is 0 Å². The lowest BCUT2D eigenvalue weighted by Crippen LogP contribution is -2.00. The Morgan fingerprint density at radius 3 is 2.18 bits per heavy atom. The highest BCUT2D eigenvalue weighted by atomic mass is 14.5. The molecule has 0 aliphatic carbocycles. The Labute approximate surface area is 67.2 Å². The molecule has 0 saturated heterocycles. The van der Waals surface area contributed by atoms with Crippen LogP contribution >= 0.6 is 0 Å². The minimum absolute atomic E-state index is 0.585. The van der Waals surface area contributed by atoms with Crippen molar-refractivity contribution in [2.45, 2.75) is 6.54 Å².